The maximum atomic E-state index is 14.1. The van der Waals surface area contributed by atoms with Crippen molar-refractivity contribution in [3.63, 3.8) is 0 Å². The van der Waals surface area contributed by atoms with Gasteiger partial charge >= 0.3 is 0 Å². The van der Waals surface area contributed by atoms with E-state index < -0.39 is 11.6 Å². The predicted octanol–water partition coefficient (Wildman–Crippen LogP) is 4.52. The van der Waals surface area contributed by atoms with Gasteiger partial charge in [-0.15, -0.1) is 0 Å². The lowest BCUT2D eigenvalue weighted by atomic mass is 10.1. The molecule has 2 aromatic heterocycles. The van der Waals surface area contributed by atoms with Crippen LogP contribution < -0.4 is 9.47 Å². The zero-order valence-electron chi connectivity index (χ0n) is 16.3. The Morgan fingerprint density at radius 3 is 2.77 bits per heavy atom. The van der Waals surface area contributed by atoms with Gasteiger partial charge in [0.2, 0.25) is 0 Å². The lowest BCUT2D eigenvalue weighted by Gasteiger charge is -2.12. The number of aryl methyl sites for hydroxylation is 2. The number of methoxy groups -OCH3 is 2. The Bertz CT molecular complexity index is 1200. The third-order valence-electron chi connectivity index (χ3n) is 4.58. The summed E-state index contributed by atoms with van der Waals surface area (Å²) in [5.74, 6) is -0.342. The maximum absolute atomic E-state index is 14.1. The van der Waals surface area contributed by atoms with E-state index in [1.54, 1.807) is 26.5 Å². The SMILES string of the molecule is COc1ccc(OC)c(Sc2nc3cncnc3n2CCc2cccc(F)c2F)c1. The summed E-state index contributed by atoms with van der Waals surface area (Å²) < 4.78 is 40.3. The van der Waals surface area contributed by atoms with Gasteiger partial charge in [-0.05, 0) is 48.0 Å². The highest BCUT2D eigenvalue weighted by molar-refractivity contribution is 7.99. The molecule has 2 aromatic carbocycles. The highest BCUT2D eigenvalue weighted by Crippen LogP contribution is 2.38. The summed E-state index contributed by atoms with van der Waals surface area (Å²) in [7, 11) is 3.18. The van der Waals surface area contributed by atoms with Gasteiger partial charge in [-0.1, -0.05) is 12.1 Å². The number of hydrogen-bond acceptors (Lipinski definition) is 6. The number of rotatable bonds is 7. The molecule has 0 aliphatic rings. The molecule has 9 heteroatoms. The Balaban J connectivity index is 1.71. The summed E-state index contributed by atoms with van der Waals surface area (Å²) in [5, 5.41) is 0.633. The first-order valence-corrected chi connectivity index (χ1v) is 9.91. The summed E-state index contributed by atoms with van der Waals surface area (Å²) >= 11 is 1.37. The van der Waals surface area contributed by atoms with Gasteiger partial charge in [-0.25, -0.2) is 23.7 Å². The van der Waals surface area contributed by atoms with Crippen LogP contribution in [0.2, 0.25) is 0 Å². The Morgan fingerprint density at radius 2 is 1.97 bits per heavy atom. The van der Waals surface area contributed by atoms with Crippen LogP contribution in [0.5, 0.6) is 11.5 Å². The number of hydrogen-bond donors (Lipinski definition) is 0. The van der Waals surface area contributed by atoms with E-state index >= 15 is 0 Å². The molecular formula is C21H18F2N4O2S. The number of aromatic nitrogens is 4. The summed E-state index contributed by atoms with van der Waals surface area (Å²) in [4.78, 5) is 13.8. The second-order valence-corrected chi connectivity index (χ2v) is 7.37. The smallest absolute Gasteiger partial charge is 0.175 e. The molecule has 0 fully saturated rings. The van der Waals surface area contributed by atoms with Crippen LogP contribution in [0.15, 0.2) is 59.0 Å². The minimum Gasteiger partial charge on any atom is -0.497 e. The molecule has 6 nitrogen and oxygen atoms in total. The summed E-state index contributed by atoms with van der Waals surface area (Å²) in [5.41, 5.74) is 1.52. The molecule has 0 saturated heterocycles. The molecule has 0 N–H and O–H groups in total. The first-order valence-electron chi connectivity index (χ1n) is 9.09. The highest BCUT2D eigenvalue weighted by atomic mass is 32.2. The van der Waals surface area contributed by atoms with Gasteiger partial charge < -0.3 is 14.0 Å². The molecule has 4 rings (SSSR count). The predicted molar refractivity (Wildman–Crippen MR) is 109 cm³/mol. The molecule has 2 heterocycles. The molecule has 0 bridgehead atoms. The molecule has 0 spiro atoms. The minimum absolute atomic E-state index is 0.280. The Hall–Kier alpha value is -3.20. The normalized spacial score (nSPS) is 11.1. The molecule has 0 saturated carbocycles. The Labute approximate surface area is 175 Å². The average Bonchev–Trinajstić information content (AvgIpc) is 3.11. The van der Waals surface area contributed by atoms with Crippen molar-refractivity contribution < 1.29 is 18.3 Å². The van der Waals surface area contributed by atoms with Gasteiger partial charge in [-0.3, -0.25) is 0 Å². The molecule has 0 radical (unpaired) electrons. The lowest BCUT2D eigenvalue weighted by Crippen LogP contribution is -2.06. The molecular weight excluding hydrogens is 410 g/mol. The fraction of sp³-hybridized carbons (Fsp3) is 0.190. The van der Waals surface area contributed by atoms with Crippen molar-refractivity contribution in [3.8, 4) is 11.5 Å². The van der Waals surface area contributed by atoms with Gasteiger partial charge in [0.1, 0.15) is 23.3 Å². The molecule has 4 aromatic rings. The Kier molecular flexibility index (Phi) is 5.80. The maximum Gasteiger partial charge on any atom is 0.175 e. The number of fused-ring (bicyclic) bond motifs is 1. The van der Waals surface area contributed by atoms with Crippen molar-refractivity contribution in [2.45, 2.75) is 23.0 Å². The number of imidazole rings is 1. The molecule has 0 amide bonds. The number of halogens is 2. The van der Waals surface area contributed by atoms with Crippen LogP contribution in [0.3, 0.4) is 0 Å². The zero-order chi connectivity index (χ0) is 21.1. The van der Waals surface area contributed by atoms with Crippen LogP contribution in [0.1, 0.15) is 5.56 Å². The van der Waals surface area contributed by atoms with E-state index in [-0.39, 0.29) is 6.42 Å². The minimum atomic E-state index is -0.860. The van der Waals surface area contributed by atoms with Crippen LogP contribution in [-0.4, -0.2) is 33.7 Å². The second-order valence-electron chi connectivity index (χ2n) is 6.36. The lowest BCUT2D eigenvalue weighted by molar-refractivity contribution is 0.394. The van der Waals surface area contributed by atoms with Crippen LogP contribution in [-0.2, 0) is 13.0 Å². The molecule has 0 atom stereocenters. The van der Waals surface area contributed by atoms with Crippen molar-refractivity contribution in [2.75, 3.05) is 14.2 Å². The number of benzene rings is 2. The van der Waals surface area contributed by atoms with Crippen LogP contribution in [0.25, 0.3) is 11.2 Å². The van der Waals surface area contributed by atoms with E-state index in [1.807, 2.05) is 22.8 Å². The van der Waals surface area contributed by atoms with E-state index in [4.69, 9.17) is 9.47 Å². The number of ether oxygens (including phenoxy) is 2. The van der Waals surface area contributed by atoms with E-state index in [0.717, 1.165) is 11.0 Å². The second kappa shape index (κ2) is 8.66. The summed E-state index contributed by atoms with van der Waals surface area (Å²) in [6.07, 6.45) is 3.33. The van der Waals surface area contributed by atoms with Crippen molar-refractivity contribution in [1.29, 1.82) is 0 Å². The van der Waals surface area contributed by atoms with Gasteiger partial charge in [0.25, 0.3) is 0 Å². The van der Waals surface area contributed by atoms with Gasteiger partial charge in [0.05, 0.1) is 25.3 Å². The Morgan fingerprint density at radius 1 is 1.10 bits per heavy atom. The van der Waals surface area contributed by atoms with Crippen molar-refractivity contribution in [1.82, 2.24) is 19.5 Å². The summed E-state index contributed by atoms with van der Waals surface area (Å²) in [6, 6.07) is 9.66. The van der Waals surface area contributed by atoms with Gasteiger partial charge in [-0.2, -0.15) is 0 Å². The first-order chi connectivity index (χ1) is 14.6. The fourth-order valence-corrected chi connectivity index (χ4v) is 4.13. The van der Waals surface area contributed by atoms with Gasteiger partial charge in [0, 0.05) is 6.54 Å². The largest absolute Gasteiger partial charge is 0.497 e. The van der Waals surface area contributed by atoms with Crippen molar-refractivity contribution >= 4 is 22.9 Å². The zero-order valence-corrected chi connectivity index (χ0v) is 17.1. The van der Waals surface area contributed by atoms with Crippen LogP contribution in [0, 0.1) is 11.6 Å². The summed E-state index contributed by atoms with van der Waals surface area (Å²) in [6.45, 7) is 0.364. The molecule has 0 unspecified atom stereocenters. The fourth-order valence-electron chi connectivity index (χ4n) is 3.07. The van der Waals surface area contributed by atoms with E-state index in [0.29, 0.717) is 39.9 Å². The van der Waals surface area contributed by atoms with Crippen LogP contribution in [0.4, 0.5) is 8.78 Å². The standard InChI is InChI=1S/C21H18F2N4O2S/c1-28-14-6-7-17(29-2)18(10-14)30-21-26-16-11-24-12-25-20(16)27(21)9-8-13-4-3-5-15(22)19(13)23/h3-7,10-12H,8-9H2,1-2H3. The molecule has 0 aliphatic carbocycles. The molecule has 154 valence electrons. The van der Waals surface area contributed by atoms with E-state index in [2.05, 4.69) is 15.0 Å². The van der Waals surface area contributed by atoms with E-state index in [9.17, 15) is 8.78 Å². The van der Waals surface area contributed by atoms with Crippen molar-refractivity contribution in [3.05, 3.63) is 66.1 Å². The van der Waals surface area contributed by atoms with Crippen molar-refractivity contribution in [2.24, 2.45) is 0 Å². The topological polar surface area (TPSA) is 62.1 Å². The third kappa shape index (κ3) is 3.93. The monoisotopic (exact) mass is 428 g/mol. The molecule has 30 heavy (non-hydrogen) atoms. The number of nitrogens with zero attached hydrogens (tertiary/aromatic N) is 4. The third-order valence-corrected chi connectivity index (χ3v) is 5.62. The molecule has 0 aliphatic heterocycles. The van der Waals surface area contributed by atoms with E-state index in [1.165, 1.54) is 24.2 Å². The first kappa shape index (κ1) is 20.1. The average molecular weight is 428 g/mol. The highest BCUT2D eigenvalue weighted by Gasteiger charge is 2.17. The van der Waals surface area contributed by atoms with Crippen LogP contribution >= 0.6 is 11.8 Å². The van der Waals surface area contributed by atoms with Gasteiger partial charge in [0.15, 0.2) is 22.4 Å². The quantitative estimate of drug-likeness (QED) is 0.432.